The molecule has 1 N–H and O–H groups in total. The summed E-state index contributed by atoms with van der Waals surface area (Å²) in [6.45, 7) is 1.77. The molecule has 0 heterocycles. The molecule has 0 fully saturated rings. The monoisotopic (exact) mass is 170 g/mol. The van der Waals surface area contributed by atoms with E-state index in [0.29, 0.717) is 0 Å². The second-order valence-corrected chi connectivity index (χ2v) is 1.86. The first-order valence-electron chi connectivity index (χ1n) is 3.76. The molecule has 0 aromatic rings. The fourth-order valence-corrected chi connectivity index (χ4v) is 0.446. The molecule has 1 heteroatoms. The second-order valence-electron chi connectivity index (χ2n) is 1.86. The number of rotatable bonds is 2. The van der Waals surface area contributed by atoms with Crippen LogP contribution in [0, 0.1) is 35.5 Å². The number of allylic oxidation sites excluding steroid dienone is 3. The minimum absolute atomic E-state index is 0.0453. The number of hydrogen-bond donors (Lipinski definition) is 1. The molecule has 0 amide bonds. The van der Waals surface area contributed by atoms with E-state index in [-0.39, 0.29) is 6.61 Å². The van der Waals surface area contributed by atoms with Crippen LogP contribution in [-0.2, 0) is 0 Å². The van der Waals surface area contributed by atoms with Gasteiger partial charge in [-0.3, -0.25) is 0 Å². The van der Waals surface area contributed by atoms with Crippen LogP contribution in [0.25, 0.3) is 0 Å². The highest BCUT2D eigenvalue weighted by Gasteiger charge is 1.61. The Labute approximate surface area is 79.2 Å². The summed E-state index contributed by atoms with van der Waals surface area (Å²) in [5.74, 6) is 15.6. The SMILES string of the molecule is CC#CC#CC#CC=CC=CCO. The molecule has 1 nitrogen and oxygen atoms in total. The Morgan fingerprint density at radius 2 is 1.85 bits per heavy atom. The Balaban J connectivity index is 3.86. The van der Waals surface area contributed by atoms with Crippen molar-refractivity contribution in [2.75, 3.05) is 6.61 Å². The molecule has 0 bridgehead atoms. The van der Waals surface area contributed by atoms with Gasteiger partial charge in [0.2, 0.25) is 0 Å². The van der Waals surface area contributed by atoms with Gasteiger partial charge in [0.15, 0.2) is 0 Å². The zero-order valence-electron chi connectivity index (χ0n) is 7.46. The third-order valence-electron chi connectivity index (χ3n) is 0.917. The summed E-state index contributed by atoms with van der Waals surface area (Å²) in [6.07, 6.45) is 6.72. The maximum absolute atomic E-state index is 8.37. The molecule has 0 saturated heterocycles. The predicted molar refractivity (Wildman–Crippen MR) is 54.4 cm³/mol. The molecule has 0 aromatic heterocycles. The molecule has 0 aromatic carbocycles. The van der Waals surface area contributed by atoms with Gasteiger partial charge in [0.05, 0.1) is 6.61 Å². The van der Waals surface area contributed by atoms with E-state index in [4.69, 9.17) is 5.11 Å². The van der Waals surface area contributed by atoms with Gasteiger partial charge in [-0.1, -0.05) is 30.1 Å². The molecule has 0 saturated carbocycles. The Bertz CT molecular complexity index is 353. The van der Waals surface area contributed by atoms with E-state index in [1.54, 1.807) is 31.2 Å². The lowest BCUT2D eigenvalue weighted by Crippen LogP contribution is -1.67. The first-order chi connectivity index (χ1) is 6.41. The van der Waals surface area contributed by atoms with Crippen molar-refractivity contribution in [1.82, 2.24) is 0 Å². The Morgan fingerprint density at radius 1 is 1.08 bits per heavy atom. The molecule has 0 rings (SSSR count). The van der Waals surface area contributed by atoms with Gasteiger partial charge in [-0.2, -0.15) is 0 Å². The summed E-state index contributed by atoms with van der Waals surface area (Å²) in [5.41, 5.74) is 0. The highest BCUT2D eigenvalue weighted by molar-refractivity contribution is 5.37. The van der Waals surface area contributed by atoms with E-state index >= 15 is 0 Å². The summed E-state index contributed by atoms with van der Waals surface area (Å²) in [7, 11) is 0. The summed E-state index contributed by atoms with van der Waals surface area (Å²) in [4.78, 5) is 0. The lowest BCUT2D eigenvalue weighted by atomic mass is 10.4. The van der Waals surface area contributed by atoms with Crippen LogP contribution in [0.5, 0.6) is 0 Å². The smallest absolute Gasteiger partial charge is 0.0615 e. The number of aliphatic hydroxyl groups excluding tert-OH is 1. The summed E-state index contributed by atoms with van der Waals surface area (Å²) < 4.78 is 0. The van der Waals surface area contributed by atoms with E-state index in [1.165, 1.54) is 0 Å². The Morgan fingerprint density at radius 3 is 2.54 bits per heavy atom. The fourth-order valence-electron chi connectivity index (χ4n) is 0.446. The van der Waals surface area contributed by atoms with Gasteiger partial charge in [0.25, 0.3) is 0 Å². The quantitative estimate of drug-likeness (QED) is 0.486. The highest BCUT2D eigenvalue weighted by atomic mass is 16.2. The Hall–Kier alpha value is -1.88. The first kappa shape index (κ1) is 11.1. The van der Waals surface area contributed by atoms with Gasteiger partial charge in [0.1, 0.15) is 0 Å². The van der Waals surface area contributed by atoms with E-state index in [0.717, 1.165) is 0 Å². The summed E-state index contributed by atoms with van der Waals surface area (Å²) >= 11 is 0. The average Bonchev–Trinajstić information content (AvgIpc) is 2.16. The third-order valence-corrected chi connectivity index (χ3v) is 0.917. The van der Waals surface area contributed by atoms with Crippen molar-refractivity contribution in [3.05, 3.63) is 24.3 Å². The topological polar surface area (TPSA) is 20.2 Å². The lowest BCUT2D eigenvalue weighted by molar-refractivity contribution is 0.343. The fraction of sp³-hybridized carbons (Fsp3) is 0.167. The van der Waals surface area contributed by atoms with Crippen LogP contribution in [-0.4, -0.2) is 11.7 Å². The second kappa shape index (κ2) is 10.1. The van der Waals surface area contributed by atoms with Gasteiger partial charge in [-0.25, -0.2) is 0 Å². The summed E-state index contributed by atoms with van der Waals surface area (Å²) in [6, 6.07) is 0. The van der Waals surface area contributed by atoms with Crippen LogP contribution in [0.15, 0.2) is 24.3 Å². The zero-order chi connectivity index (χ0) is 9.78. The molecule has 0 aliphatic rings. The van der Waals surface area contributed by atoms with Crippen molar-refractivity contribution in [2.24, 2.45) is 0 Å². The molecule has 0 atom stereocenters. The van der Waals surface area contributed by atoms with Crippen molar-refractivity contribution < 1.29 is 5.11 Å². The van der Waals surface area contributed by atoms with Crippen molar-refractivity contribution in [3.63, 3.8) is 0 Å². The van der Waals surface area contributed by atoms with E-state index in [1.807, 2.05) is 0 Å². The zero-order valence-corrected chi connectivity index (χ0v) is 7.46. The maximum atomic E-state index is 8.37. The molecule has 0 aliphatic heterocycles. The van der Waals surface area contributed by atoms with Crippen LogP contribution in [0.4, 0.5) is 0 Å². The Kier molecular flexibility index (Phi) is 8.66. The molecule has 64 valence electrons. The first-order valence-corrected chi connectivity index (χ1v) is 3.76. The molecule has 0 aliphatic carbocycles. The molecular formula is C12H10O. The van der Waals surface area contributed by atoms with E-state index < -0.39 is 0 Å². The van der Waals surface area contributed by atoms with Crippen LogP contribution in [0.3, 0.4) is 0 Å². The molecular weight excluding hydrogens is 160 g/mol. The van der Waals surface area contributed by atoms with Gasteiger partial charge in [0, 0.05) is 0 Å². The van der Waals surface area contributed by atoms with Gasteiger partial charge >= 0.3 is 0 Å². The van der Waals surface area contributed by atoms with Gasteiger partial charge < -0.3 is 5.11 Å². The van der Waals surface area contributed by atoms with Crippen molar-refractivity contribution in [2.45, 2.75) is 6.92 Å². The standard InChI is InChI=1S/C12H10O/c1-2-3-4-5-6-7-8-9-10-11-12-13/h8-11,13H,12H2,1H3. The number of aliphatic hydroxyl groups is 1. The normalized spacial score (nSPS) is 8.15. The van der Waals surface area contributed by atoms with E-state index in [9.17, 15) is 0 Å². The van der Waals surface area contributed by atoms with E-state index in [2.05, 4.69) is 35.5 Å². The highest BCUT2D eigenvalue weighted by Crippen LogP contribution is 1.74. The van der Waals surface area contributed by atoms with Gasteiger partial charge in [-0.05, 0) is 36.7 Å². The van der Waals surface area contributed by atoms with Crippen LogP contribution >= 0.6 is 0 Å². The molecule has 0 unspecified atom stereocenters. The largest absolute Gasteiger partial charge is 0.392 e. The molecule has 0 radical (unpaired) electrons. The minimum atomic E-state index is 0.0453. The summed E-state index contributed by atoms with van der Waals surface area (Å²) in [5, 5.41) is 8.37. The predicted octanol–water partition coefficient (Wildman–Crippen LogP) is 1.12. The van der Waals surface area contributed by atoms with Crippen LogP contribution < -0.4 is 0 Å². The van der Waals surface area contributed by atoms with Gasteiger partial charge in [-0.15, -0.1) is 0 Å². The minimum Gasteiger partial charge on any atom is -0.392 e. The molecule has 13 heavy (non-hydrogen) atoms. The van der Waals surface area contributed by atoms with Crippen LogP contribution in [0.1, 0.15) is 6.92 Å². The van der Waals surface area contributed by atoms with Crippen LogP contribution in [0.2, 0.25) is 0 Å². The van der Waals surface area contributed by atoms with Crippen molar-refractivity contribution in [1.29, 1.82) is 0 Å². The third kappa shape index (κ3) is 10.1. The number of hydrogen-bond acceptors (Lipinski definition) is 1. The lowest BCUT2D eigenvalue weighted by Gasteiger charge is -1.71. The maximum Gasteiger partial charge on any atom is 0.0615 e. The average molecular weight is 170 g/mol. The molecule has 0 spiro atoms. The van der Waals surface area contributed by atoms with Crippen molar-refractivity contribution >= 4 is 0 Å². The van der Waals surface area contributed by atoms with Crippen molar-refractivity contribution in [3.8, 4) is 35.5 Å².